The van der Waals surface area contributed by atoms with Gasteiger partial charge in [0.05, 0.1) is 13.1 Å². The molecule has 0 radical (unpaired) electrons. The Morgan fingerprint density at radius 3 is 2.58 bits per heavy atom. The van der Waals surface area contributed by atoms with Gasteiger partial charge in [-0.3, -0.25) is 14.5 Å². The predicted molar refractivity (Wildman–Crippen MR) is 79.3 cm³/mol. The Labute approximate surface area is 122 Å². The van der Waals surface area contributed by atoms with Crippen LogP contribution in [-0.2, 0) is 4.79 Å². The molecule has 1 rings (SSSR count). The minimum Gasteiger partial charge on any atom is -0.355 e. The van der Waals surface area contributed by atoms with Crippen LogP contribution < -0.4 is 5.32 Å². The Hall–Kier alpha value is -1.20. The fraction of sp³-hybridized carbons (Fsp3) is 0.429. The number of rotatable bonds is 7. The van der Waals surface area contributed by atoms with Gasteiger partial charge in [-0.2, -0.15) is 0 Å². The van der Waals surface area contributed by atoms with Gasteiger partial charge in [0.1, 0.15) is 0 Å². The Bertz CT molecular complexity index is 449. The highest BCUT2D eigenvalue weighted by Gasteiger charge is 2.14. The maximum atomic E-state index is 12.1. The molecule has 0 saturated heterocycles. The zero-order valence-corrected chi connectivity index (χ0v) is 12.9. The quantitative estimate of drug-likeness (QED) is 0.780. The summed E-state index contributed by atoms with van der Waals surface area (Å²) in [6.45, 7) is 5.59. The lowest BCUT2D eigenvalue weighted by Crippen LogP contribution is -2.39. The summed E-state index contributed by atoms with van der Waals surface area (Å²) >= 11 is 3.34. The van der Waals surface area contributed by atoms with Crippen molar-refractivity contribution in [3.8, 4) is 0 Å². The first-order chi connectivity index (χ1) is 9.06. The molecule has 1 aromatic carbocycles. The van der Waals surface area contributed by atoms with Crippen molar-refractivity contribution < 1.29 is 9.59 Å². The van der Waals surface area contributed by atoms with E-state index in [2.05, 4.69) is 21.2 Å². The van der Waals surface area contributed by atoms with Crippen LogP contribution in [0.1, 0.15) is 24.2 Å². The lowest BCUT2D eigenvalue weighted by molar-refractivity contribution is -0.121. The van der Waals surface area contributed by atoms with Gasteiger partial charge < -0.3 is 5.32 Å². The number of amides is 1. The SMILES string of the molecule is CCNC(=O)CN(CC)CC(=O)c1cccc(Br)c1. The van der Waals surface area contributed by atoms with E-state index in [1.165, 1.54) is 0 Å². The second-order valence-corrected chi connectivity index (χ2v) is 5.11. The first-order valence-electron chi connectivity index (χ1n) is 6.34. The number of hydrogen-bond acceptors (Lipinski definition) is 3. The fourth-order valence-electron chi connectivity index (χ4n) is 1.69. The normalized spacial score (nSPS) is 10.5. The van der Waals surface area contributed by atoms with Gasteiger partial charge >= 0.3 is 0 Å². The van der Waals surface area contributed by atoms with Crippen LogP contribution in [0.3, 0.4) is 0 Å². The van der Waals surface area contributed by atoms with Gasteiger partial charge in [-0.25, -0.2) is 0 Å². The number of halogens is 1. The maximum absolute atomic E-state index is 12.1. The molecule has 0 aromatic heterocycles. The number of benzene rings is 1. The number of hydrogen-bond donors (Lipinski definition) is 1. The van der Waals surface area contributed by atoms with E-state index >= 15 is 0 Å². The van der Waals surface area contributed by atoms with Crippen molar-refractivity contribution in [2.75, 3.05) is 26.2 Å². The molecule has 0 fully saturated rings. The first kappa shape index (κ1) is 15.9. The highest BCUT2D eigenvalue weighted by molar-refractivity contribution is 9.10. The van der Waals surface area contributed by atoms with E-state index in [1.807, 2.05) is 30.9 Å². The van der Waals surface area contributed by atoms with Crippen molar-refractivity contribution in [3.05, 3.63) is 34.3 Å². The topological polar surface area (TPSA) is 49.4 Å². The molecule has 0 spiro atoms. The third-order valence-corrected chi connectivity index (χ3v) is 3.20. The van der Waals surface area contributed by atoms with Gasteiger partial charge in [-0.05, 0) is 25.6 Å². The summed E-state index contributed by atoms with van der Waals surface area (Å²) in [7, 11) is 0. The summed E-state index contributed by atoms with van der Waals surface area (Å²) in [6, 6.07) is 7.29. The largest absolute Gasteiger partial charge is 0.355 e. The number of Topliss-reactive ketones (excluding diaryl/α,β-unsaturated/α-hetero) is 1. The standard InChI is InChI=1S/C14H19BrN2O2/c1-3-16-14(19)10-17(4-2)9-13(18)11-6-5-7-12(15)8-11/h5-8H,3-4,9-10H2,1-2H3,(H,16,19). The summed E-state index contributed by atoms with van der Waals surface area (Å²) in [5, 5.41) is 2.73. The van der Waals surface area contributed by atoms with Crippen molar-refractivity contribution in [2.24, 2.45) is 0 Å². The number of likely N-dealkylation sites (N-methyl/N-ethyl adjacent to an activating group) is 2. The third-order valence-electron chi connectivity index (χ3n) is 2.70. The van der Waals surface area contributed by atoms with Crippen molar-refractivity contribution in [1.29, 1.82) is 0 Å². The molecule has 0 bridgehead atoms. The predicted octanol–water partition coefficient (Wildman–Crippen LogP) is 2.09. The lowest BCUT2D eigenvalue weighted by atomic mass is 10.1. The Morgan fingerprint density at radius 2 is 2.00 bits per heavy atom. The molecule has 0 heterocycles. The smallest absolute Gasteiger partial charge is 0.234 e. The van der Waals surface area contributed by atoms with Crippen LogP contribution in [0.5, 0.6) is 0 Å². The molecule has 0 aliphatic rings. The molecule has 4 nitrogen and oxygen atoms in total. The van der Waals surface area contributed by atoms with Gasteiger partial charge in [0.2, 0.25) is 5.91 Å². The van der Waals surface area contributed by atoms with Gasteiger partial charge in [0.25, 0.3) is 0 Å². The van der Waals surface area contributed by atoms with Crippen molar-refractivity contribution in [2.45, 2.75) is 13.8 Å². The van der Waals surface area contributed by atoms with Crippen LogP contribution in [0, 0.1) is 0 Å². The average Bonchev–Trinajstić information content (AvgIpc) is 2.38. The van der Waals surface area contributed by atoms with E-state index < -0.39 is 0 Å². The Balaban J connectivity index is 2.60. The number of ketones is 1. The molecule has 5 heteroatoms. The van der Waals surface area contributed by atoms with Gasteiger partial charge in [0, 0.05) is 16.6 Å². The average molecular weight is 327 g/mol. The van der Waals surface area contributed by atoms with E-state index in [1.54, 1.807) is 12.1 Å². The van der Waals surface area contributed by atoms with Gasteiger partial charge in [0.15, 0.2) is 5.78 Å². The van der Waals surface area contributed by atoms with Crippen LogP contribution in [0.15, 0.2) is 28.7 Å². The molecule has 0 saturated carbocycles. The fourth-order valence-corrected chi connectivity index (χ4v) is 2.09. The summed E-state index contributed by atoms with van der Waals surface area (Å²) in [6.07, 6.45) is 0. The van der Waals surface area contributed by atoms with E-state index in [-0.39, 0.29) is 24.8 Å². The van der Waals surface area contributed by atoms with Gasteiger partial charge in [-0.1, -0.05) is 35.0 Å². The van der Waals surface area contributed by atoms with Crippen molar-refractivity contribution in [1.82, 2.24) is 10.2 Å². The molecule has 19 heavy (non-hydrogen) atoms. The van der Waals surface area contributed by atoms with Gasteiger partial charge in [-0.15, -0.1) is 0 Å². The lowest BCUT2D eigenvalue weighted by Gasteiger charge is -2.18. The molecular formula is C14H19BrN2O2. The first-order valence-corrected chi connectivity index (χ1v) is 7.14. The second kappa shape index (κ2) is 8.07. The molecule has 104 valence electrons. The molecule has 0 aliphatic heterocycles. The van der Waals surface area contributed by atoms with Crippen LogP contribution in [-0.4, -0.2) is 42.8 Å². The van der Waals surface area contributed by atoms with E-state index in [0.717, 1.165) is 4.47 Å². The monoisotopic (exact) mass is 326 g/mol. The number of nitrogens with one attached hydrogen (secondary N) is 1. The van der Waals surface area contributed by atoms with Crippen molar-refractivity contribution >= 4 is 27.6 Å². The Kier molecular flexibility index (Phi) is 6.73. The number of carbonyl (C=O) groups excluding carboxylic acids is 2. The minimum absolute atomic E-state index is 0.0208. The molecule has 0 atom stereocenters. The van der Waals surface area contributed by atoms with E-state index in [4.69, 9.17) is 0 Å². The zero-order chi connectivity index (χ0) is 14.3. The summed E-state index contributed by atoms with van der Waals surface area (Å²) in [5.41, 5.74) is 0.656. The molecule has 0 aliphatic carbocycles. The molecular weight excluding hydrogens is 308 g/mol. The Morgan fingerprint density at radius 1 is 1.26 bits per heavy atom. The highest BCUT2D eigenvalue weighted by atomic mass is 79.9. The number of nitrogens with zero attached hydrogens (tertiary/aromatic N) is 1. The summed E-state index contributed by atoms with van der Waals surface area (Å²) in [5.74, 6) is -0.0289. The van der Waals surface area contributed by atoms with Crippen LogP contribution in [0.25, 0.3) is 0 Å². The van der Waals surface area contributed by atoms with Crippen LogP contribution in [0.2, 0.25) is 0 Å². The zero-order valence-electron chi connectivity index (χ0n) is 11.3. The second-order valence-electron chi connectivity index (χ2n) is 4.19. The van der Waals surface area contributed by atoms with E-state index in [9.17, 15) is 9.59 Å². The summed E-state index contributed by atoms with van der Waals surface area (Å²) < 4.78 is 0.880. The number of carbonyl (C=O) groups is 2. The molecule has 1 aromatic rings. The minimum atomic E-state index is -0.0496. The van der Waals surface area contributed by atoms with E-state index in [0.29, 0.717) is 18.7 Å². The molecule has 1 amide bonds. The highest BCUT2D eigenvalue weighted by Crippen LogP contribution is 2.12. The van der Waals surface area contributed by atoms with Crippen LogP contribution in [0.4, 0.5) is 0 Å². The third kappa shape index (κ3) is 5.53. The molecule has 1 N–H and O–H groups in total. The van der Waals surface area contributed by atoms with Crippen LogP contribution >= 0.6 is 15.9 Å². The van der Waals surface area contributed by atoms with Crippen molar-refractivity contribution in [3.63, 3.8) is 0 Å². The maximum Gasteiger partial charge on any atom is 0.234 e. The summed E-state index contributed by atoms with van der Waals surface area (Å²) in [4.78, 5) is 25.5. The molecule has 0 unspecified atom stereocenters.